The van der Waals surface area contributed by atoms with Gasteiger partial charge in [0.2, 0.25) is 0 Å². The number of carbonyl (C=O) groups is 1. The van der Waals surface area contributed by atoms with Crippen LogP contribution in [0, 0.1) is 0 Å². The Bertz CT molecular complexity index is 172. The second-order valence-corrected chi connectivity index (χ2v) is 3.14. The first-order chi connectivity index (χ1) is 5.08. The van der Waals surface area contributed by atoms with Crippen molar-refractivity contribution in [2.45, 2.75) is 12.0 Å². The fourth-order valence-corrected chi connectivity index (χ4v) is 1.40. The van der Waals surface area contributed by atoms with Crippen LogP contribution in [-0.4, -0.2) is 43.7 Å². The maximum absolute atomic E-state index is 11.1. The van der Waals surface area contributed by atoms with Crippen molar-refractivity contribution in [2.24, 2.45) is 5.73 Å². The van der Waals surface area contributed by atoms with Gasteiger partial charge in [-0.2, -0.15) is 0 Å². The first-order valence-corrected chi connectivity index (χ1v) is 3.64. The van der Waals surface area contributed by atoms with Crippen molar-refractivity contribution >= 4 is 5.97 Å². The minimum atomic E-state index is -0.760. The lowest BCUT2D eigenvalue weighted by molar-refractivity contribution is -0.146. The number of nitrogens with zero attached hydrogens (tertiary/aromatic N) is 1. The monoisotopic (exact) mass is 158 g/mol. The number of methoxy groups -OCH3 is 1. The second kappa shape index (κ2) is 2.79. The molecule has 2 N–H and O–H groups in total. The zero-order valence-electron chi connectivity index (χ0n) is 6.96. The van der Waals surface area contributed by atoms with Crippen LogP contribution >= 0.6 is 0 Å². The van der Waals surface area contributed by atoms with Gasteiger partial charge in [-0.1, -0.05) is 0 Å². The summed E-state index contributed by atoms with van der Waals surface area (Å²) < 4.78 is 4.59. The van der Waals surface area contributed by atoms with Crippen molar-refractivity contribution in [3.05, 3.63) is 0 Å². The van der Waals surface area contributed by atoms with Gasteiger partial charge in [0.25, 0.3) is 0 Å². The topological polar surface area (TPSA) is 55.6 Å². The van der Waals surface area contributed by atoms with Gasteiger partial charge >= 0.3 is 5.97 Å². The van der Waals surface area contributed by atoms with E-state index in [-0.39, 0.29) is 5.97 Å². The summed E-state index contributed by atoms with van der Waals surface area (Å²) in [5, 5.41) is 0. The van der Waals surface area contributed by atoms with Gasteiger partial charge in [-0.3, -0.25) is 4.79 Å². The average molecular weight is 158 g/mol. The maximum Gasteiger partial charge on any atom is 0.327 e. The van der Waals surface area contributed by atoms with E-state index in [0.29, 0.717) is 13.0 Å². The lowest BCUT2D eigenvalue weighted by atomic mass is 10.0. The molecule has 64 valence electrons. The summed E-state index contributed by atoms with van der Waals surface area (Å²) in [7, 11) is 3.31. The van der Waals surface area contributed by atoms with Crippen molar-refractivity contribution in [3.8, 4) is 0 Å². The van der Waals surface area contributed by atoms with E-state index in [1.54, 1.807) is 0 Å². The van der Waals surface area contributed by atoms with E-state index in [0.717, 1.165) is 6.54 Å². The Morgan fingerprint density at radius 1 is 1.73 bits per heavy atom. The highest BCUT2D eigenvalue weighted by molar-refractivity contribution is 5.81. The second-order valence-electron chi connectivity index (χ2n) is 3.14. The highest BCUT2D eigenvalue weighted by Crippen LogP contribution is 2.17. The highest BCUT2D eigenvalue weighted by Gasteiger charge is 2.40. The van der Waals surface area contributed by atoms with Gasteiger partial charge in [-0.25, -0.2) is 0 Å². The molecule has 0 amide bonds. The lowest BCUT2D eigenvalue weighted by Crippen LogP contribution is -2.50. The fraction of sp³-hybridized carbons (Fsp3) is 0.857. The van der Waals surface area contributed by atoms with Crippen molar-refractivity contribution in [3.63, 3.8) is 0 Å². The third-order valence-electron chi connectivity index (χ3n) is 2.08. The standard InChI is InChI=1S/C7H14N2O2/c1-9-4-3-7(8,5-9)6(10)11-2/h3-5,8H2,1-2H3. The Hall–Kier alpha value is -0.610. The summed E-state index contributed by atoms with van der Waals surface area (Å²) in [5.41, 5.74) is 5.03. The lowest BCUT2D eigenvalue weighted by Gasteiger charge is -2.19. The molecular weight excluding hydrogens is 144 g/mol. The SMILES string of the molecule is COC(=O)C1(N)CCN(C)C1. The Balaban J connectivity index is 2.61. The molecule has 1 unspecified atom stereocenters. The van der Waals surface area contributed by atoms with Crippen LogP contribution in [0.4, 0.5) is 0 Å². The van der Waals surface area contributed by atoms with Crippen molar-refractivity contribution in [1.29, 1.82) is 0 Å². The summed E-state index contributed by atoms with van der Waals surface area (Å²) in [5.74, 6) is -0.304. The number of rotatable bonds is 1. The zero-order chi connectivity index (χ0) is 8.48. The first kappa shape index (κ1) is 8.49. The molecule has 0 aromatic rings. The maximum atomic E-state index is 11.1. The molecule has 0 aromatic carbocycles. The number of esters is 1. The van der Waals surface area contributed by atoms with Crippen LogP contribution in [0.5, 0.6) is 0 Å². The Morgan fingerprint density at radius 3 is 2.73 bits per heavy atom. The molecule has 0 saturated carbocycles. The third kappa shape index (κ3) is 1.52. The van der Waals surface area contributed by atoms with Gasteiger partial charge < -0.3 is 15.4 Å². The van der Waals surface area contributed by atoms with Crippen molar-refractivity contribution < 1.29 is 9.53 Å². The summed E-state index contributed by atoms with van der Waals surface area (Å²) >= 11 is 0. The molecule has 1 rings (SSSR count). The van der Waals surface area contributed by atoms with E-state index in [1.165, 1.54) is 7.11 Å². The molecule has 0 aliphatic carbocycles. The minimum absolute atomic E-state index is 0.304. The smallest absolute Gasteiger partial charge is 0.327 e. The van der Waals surface area contributed by atoms with Crippen LogP contribution in [0.15, 0.2) is 0 Å². The third-order valence-corrected chi connectivity index (χ3v) is 2.08. The normalized spacial score (nSPS) is 32.3. The summed E-state index contributed by atoms with van der Waals surface area (Å²) in [6.07, 6.45) is 0.691. The van der Waals surface area contributed by atoms with E-state index in [4.69, 9.17) is 5.73 Å². The van der Waals surface area contributed by atoms with Gasteiger partial charge in [0.15, 0.2) is 0 Å². The summed E-state index contributed by atoms with van der Waals surface area (Å²) in [4.78, 5) is 13.1. The molecule has 4 heteroatoms. The van der Waals surface area contributed by atoms with Gasteiger partial charge in [-0.05, 0) is 13.5 Å². The van der Waals surface area contributed by atoms with Crippen LogP contribution in [-0.2, 0) is 9.53 Å². The average Bonchev–Trinajstić information content (AvgIpc) is 2.31. The molecular formula is C7H14N2O2. The van der Waals surface area contributed by atoms with E-state index in [2.05, 4.69) is 4.74 Å². The van der Waals surface area contributed by atoms with Crippen LogP contribution < -0.4 is 5.73 Å². The van der Waals surface area contributed by atoms with Gasteiger partial charge in [-0.15, -0.1) is 0 Å². The van der Waals surface area contributed by atoms with Gasteiger partial charge in [0.1, 0.15) is 5.54 Å². The van der Waals surface area contributed by atoms with E-state index < -0.39 is 5.54 Å². The number of likely N-dealkylation sites (N-methyl/N-ethyl adjacent to an activating group) is 1. The molecule has 0 aromatic heterocycles. The zero-order valence-corrected chi connectivity index (χ0v) is 6.96. The van der Waals surface area contributed by atoms with E-state index in [1.807, 2.05) is 11.9 Å². The molecule has 0 spiro atoms. The number of ether oxygens (including phenoxy) is 1. The molecule has 4 nitrogen and oxygen atoms in total. The summed E-state index contributed by atoms with van der Waals surface area (Å²) in [6.45, 7) is 1.46. The highest BCUT2D eigenvalue weighted by atomic mass is 16.5. The number of likely N-dealkylation sites (tertiary alicyclic amines) is 1. The molecule has 1 heterocycles. The van der Waals surface area contributed by atoms with E-state index >= 15 is 0 Å². The van der Waals surface area contributed by atoms with E-state index in [9.17, 15) is 4.79 Å². The van der Waals surface area contributed by atoms with Crippen LogP contribution in [0.1, 0.15) is 6.42 Å². The fourth-order valence-electron chi connectivity index (χ4n) is 1.40. The van der Waals surface area contributed by atoms with Crippen LogP contribution in [0.2, 0.25) is 0 Å². The van der Waals surface area contributed by atoms with Gasteiger partial charge in [0, 0.05) is 13.1 Å². The molecule has 0 bridgehead atoms. The molecule has 1 aliphatic rings. The first-order valence-electron chi connectivity index (χ1n) is 3.64. The molecule has 1 fully saturated rings. The molecule has 11 heavy (non-hydrogen) atoms. The molecule has 1 aliphatic heterocycles. The van der Waals surface area contributed by atoms with Crippen molar-refractivity contribution in [2.75, 3.05) is 27.2 Å². The quantitative estimate of drug-likeness (QED) is 0.507. The molecule has 0 radical (unpaired) electrons. The Kier molecular flexibility index (Phi) is 2.15. The molecule has 1 atom stereocenters. The summed E-state index contributed by atoms with van der Waals surface area (Å²) in [6, 6.07) is 0. The minimum Gasteiger partial charge on any atom is -0.468 e. The number of nitrogens with two attached hydrogens (primary N) is 1. The Morgan fingerprint density at radius 2 is 2.36 bits per heavy atom. The molecule has 1 saturated heterocycles. The predicted octanol–water partition coefficient (Wildman–Crippen LogP) is -0.808. The largest absolute Gasteiger partial charge is 0.468 e. The van der Waals surface area contributed by atoms with Gasteiger partial charge in [0.05, 0.1) is 7.11 Å². The number of carbonyl (C=O) groups excluding carboxylic acids is 1. The van der Waals surface area contributed by atoms with Crippen molar-refractivity contribution in [1.82, 2.24) is 4.90 Å². The Labute approximate surface area is 66.3 Å². The predicted molar refractivity (Wildman–Crippen MR) is 41.0 cm³/mol. The van der Waals surface area contributed by atoms with Crippen LogP contribution in [0.25, 0.3) is 0 Å². The number of hydrogen-bond donors (Lipinski definition) is 1. The van der Waals surface area contributed by atoms with Crippen LogP contribution in [0.3, 0.4) is 0 Å². The number of hydrogen-bond acceptors (Lipinski definition) is 4.